The highest BCUT2D eigenvalue weighted by Gasteiger charge is 2.43. The van der Waals surface area contributed by atoms with E-state index in [0.29, 0.717) is 24.5 Å². The molecule has 3 unspecified atom stereocenters. The average Bonchev–Trinajstić information content (AvgIpc) is 3.38. The van der Waals surface area contributed by atoms with Gasteiger partial charge in [0.15, 0.2) is 5.82 Å². The molecule has 27 heavy (non-hydrogen) atoms. The minimum absolute atomic E-state index is 0.340. The quantitative estimate of drug-likeness (QED) is 0.654. The maximum absolute atomic E-state index is 5.86. The van der Waals surface area contributed by atoms with Gasteiger partial charge >= 0.3 is 0 Å². The van der Waals surface area contributed by atoms with Gasteiger partial charge in [0.25, 0.3) is 0 Å². The molecule has 0 bridgehead atoms. The summed E-state index contributed by atoms with van der Waals surface area (Å²) in [5, 5.41) is 7.31. The van der Waals surface area contributed by atoms with Gasteiger partial charge < -0.3 is 14.6 Å². The highest BCUT2D eigenvalue weighted by Crippen LogP contribution is 2.54. The van der Waals surface area contributed by atoms with Crippen molar-refractivity contribution in [1.29, 1.82) is 0 Å². The number of aromatic nitrogens is 2. The molecule has 0 aliphatic heterocycles. The fourth-order valence-electron chi connectivity index (χ4n) is 3.27. The molecule has 1 aromatic heterocycles. The zero-order valence-corrected chi connectivity index (χ0v) is 15.8. The van der Waals surface area contributed by atoms with Gasteiger partial charge in [-0.25, -0.2) is 0 Å². The number of ether oxygens (including phenoxy) is 1. The Bertz CT molecular complexity index is 861. The van der Waals surface area contributed by atoms with Gasteiger partial charge in [0.1, 0.15) is 12.4 Å². The lowest BCUT2D eigenvalue weighted by Crippen LogP contribution is -2.24. The Labute approximate surface area is 159 Å². The van der Waals surface area contributed by atoms with Crippen LogP contribution in [0.4, 0.5) is 0 Å². The molecule has 1 heterocycles. The van der Waals surface area contributed by atoms with Crippen LogP contribution < -0.4 is 10.1 Å². The Morgan fingerprint density at radius 3 is 2.63 bits per heavy atom. The van der Waals surface area contributed by atoms with Crippen LogP contribution in [0.3, 0.4) is 0 Å². The third kappa shape index (κ3) is 4.37. The number of nitrogens with one attached hydrogen (secondary N) is 1. The Balaban J connectivity index is 1.32. The minimum Gasteiger partial charge on any atom is -0.489 e. The van der Waals surface area contributed by atoms with E-state index in [4.69, 9.17) is 9.26 Å². The molecule has 0 spiro atoms. The van der Waals surface area contributed by atoms with E-state index in [2.05, 4.69) is 46.6 Å². The molecule has 0 amide bonds. The normalized spacial score (nSPS) is 19.6. The molecule has 1 saturated carbocycles. The van der Waals surface area contributed by atoms with Crippen molar-refractivity contribution in [3.8, 4) is 5.75 Å². The predicted molar refractivity (Wildman–Crippen MR) is 104 cm³/mol. The Hall–Kier alpha value is -2.66. The smallest absolute Gasteiger partial charge is 0.230 e. The molecule has 1 fully saturated rings. The summed E-state index contributed by atoms with van der Waals surface area (Å²) in [6.45, 7) is 2.69. The molecule has 140 valence electrons. The second-order valence-electron chi connectivity index (χ2n) is 7.23. The minimum atomic E-state index is 0.340. The summed E-state index contributed by atoms with van der Waals surface area (Å²) in [5.41, 5.74) is 2.47. The van der Waals surface area contributed by atoms with Crippen molar-refractivity contribution in [2.24, 2.45) is 0 Å². The van der Waals surface area contributed by atoms with Crippen LogP contribution in [0.5, 0.6) is 5.75 Å². The first kappa shape index (κ1) is 17.7. The fraction of sp³-hybridized carbons (Fsp3) is 0.364. The monoisotopic (exact) mass is 363 g/mol. The van der Waals surface area contributed by atoms with Crippen molar-refractivity contribution in [3.05, 3.63) is 77.4 Å². The number of nitrogens with zero attached hydrogens (tertiary/aromatic N) is 2. The number of hydrogen-bond acceptors (Lipinski definition) is 5. The molecule has 1 aliphatic carbocycles. The van der Waals surface area contributed by atoms with Crippen LogP contribution in [0.1, 0.15) is 48.0 Å². The van der Waals surface area contributed by atoms with Crippen LogP contribution in [0, 0.1) is 0 Å². The lowest BCUT2D eigenvalue weighted by molar-refractivity contribution is 0.306. The van der Waals surface area contributed by atoms with Gasteiger partial charge in [0.05, 0.1) is 0 Å². The van der Waals surface area contributed by atoms with Crippen molar-refractivity contribution in [2.45, 2.75) is 44.2 Å². The fourth-order valence-corrected chi connectivity index (χ4v) is 3.27. The standard InChI is InChI=1S/C22H25N3O2/c1-15(23-2)12-21-24-22(27-25-21)20-13-19(20)17-8-10-18(11-9-17)26-14-16-6-4-3-5-7-16/h3-11,15,19-20,23H,12-14H2,1-2H3. The highest BCUT2D eigenvalue weighted by molar-refractivity contribution is 5.35. The molecule has 3 aromatic rings. The molecular weight excluding hydrogens is 338 g/mol. The van der Waals surface area contributed by atoms with Crippen LogP contribution in [-0.2, 0) is 13.0 Å². The van der Waals surface area contributed by atoms with E-state index < -0.39 is 0 Å². The molecule has 5 nitrogen and oxygen atoms in total. The molecule has 4 rings (SSSR count). The van der Waals surface area contributed by atoms with E-state index in [0.717, 1.165) is 30.3 Å². The molecular formula is C22H25N3O2. The molecule has 0 radical (unpaired) electrons. The van der Waals surface area contributed by atoms with Gasteiger partial charge in [0.2, 0.25) is 5.89 Å². The summed E-state index contributed by atoms with van der Waals surface area (Å²) < 4.78 is 11.3. The van der Waals surface area contributed by atoms with E-state index in [1.54, 1.807) is 0 Å². The van der Waals surface area contributed by atoms with E-state index in [1.165, 1.54) is 11.1 Å². The van der Waals surface area contributed by atoms with Gasteiger partial charge in [0, 0.05) is 18.4 Å². The van der Waals surface area contributed by atoms with E-state index in [1.807, 2.05) is 37.4 Å². The number of rotatable bonds is 8. The lowest BCUT2D eigenvalue weighted by Gasteiger charge is -2.07. The average molecular weight is 363 g/mol. The number of benzene rings is 2. The van der Waals surface area contributed by atoms with Crippen LogP contribution in [0.2, 0.25) is 0 Å². The zero-order chi connectivity index (χ0) is 18.6. The van der Waals surface area contributed by atoms with Crippen LogP contribution >= 0.6 is 0 Å². The molecule has 1 N–H and O–H groups in total. The second kappa shape index (κ2) is 7.92. The summed E-state index contributed by atoms with van der Waals surface area (Å²) in [5.74, 6) is 3.24. The van der Waals surface area contributed by atoms with Crippen molar-refractivity contribution < 1.29 is 9.26 Å². The first-order valence-corrected chi connectivity index (χ1v) is 9.49. The third-order valence-electron chi connectivity index (χ3n) is 5.13. The van der Waals surface area contributed by atoms with E-state index >= 15 is 0 Å². The summed E-state index contributed by atoms with van der Waals surface area (Å²) in [6, 6.07) is 18.9. The van der Waals surface area contributed by atoms with Gasteiger partial charge in [-0.05, 0) is 49.6 Å². The molecule has 3 atom stereocenters. The Kier molecular flexibility index (Phi) is 5.21. The summed E-state index contributed by atoms with van der Waals surface area (Å²) >= 11 is 0. The summed E-state index contributed by atoms with van der Waals surface area (Å²) in [4.78, 5) is 4.57. The predicted octanol–water partition coefficient (Wildman–Crippen LogP) is 4.07. The van der Waals surface area contributed by atoms with Gasteiger partial charge in [-0.2, -0.15) is 4.98 Å². The number of likely N-dealkylation sites (N-methyl/N-ethyl adjacent to an activating group) is 1. The van der Waals surface area contributed by atoms with Gasteiger partial charge in [-0.3, -0.25) is 0 Å². The first-order chi connectivity index (χ1) is 13.2. The van der Waals surface area contributed by atoms with Crippen LogP contribution in [0.15, 0.2) is 59.1 Å². The van der Waals surface area contributed by atoms with E-state index in [-0.39, 0.29) is 0 Å². The molecule has 2 aromatic carbocycles. The lowest BCUT2D eigenvalue weighted by atomic mass is 10.1. The SMILES string of the molecule is CNC(C)Cc1noc(C2CC2c2ccc(OCc3ccccc3)cc2)n1. The van der Waals surface area contributed by atoms with Crippen LogP contribution in [-0.4, -0.2) is 23.2 Å². The molecule has 5 heteroatoms. The Morgan fingerprint density at radius 1 is 1.11 bits per heavy atom. The summed E-state index contributed by atoms with van der Waals surface area (Å²) in [6.07, 6.45) is 1.85. The maximum Gasteiger partial charge on any atom is 0.230 e. The second-order valence-corrected chi connectivity index (χ2v) is 7.23. The number of hydrogen-bond donors (Lipinski definition) is 1. The largest absolute Gasteiger partial charge is 0.489 e. The summed E-state index contributed by atoms with van der Waals surface area (Å²) in [7, 11) is 1.94. The highest BCUT2D eigenvalue weighted by atomic mass is 16.5. The first-order valence-electron chi connectivity index (χ1n) is 9.49. The van der Waals surface area contributed by atoms with Gasteiger partial charge in [-0.1, -0.05) is 47.6 Å². The van der Waals surface area contributed by atoms with E-state index in [9.17, 15) is 0 Å². The topological polar surface area (TPSA) is 60.2 Å². The zero-order valence-electron chi connectivity index (χ0n) is 15.8. The van der Waals surface area contributed by atoms with Crippen molar-refractivity contribution in [3.63, 3.8) is 0 Å². The molecule has 1 aliphatic rings. The van der Waals surface area contributed by atoms with Crippen molar-refractivity contribution >= 4 is 0 Å². The van der Waals surface area contributed by atoms with Crippen molar-refractivity contribution in [2.75, 3.05) is 7.05 Å². The Morgan fingerprint density at radius 2 is 1.89 bits per heavy atom. The maximum atomic E-state index is 5.86. The third-order valence-corrected chi connectivity index (χ3v) is 5.13. The molecule has 0 saturated heterocycles. The van der Waals surface area contributed by atoms with Crippen LogP contribution in [0.25, 0.3) is 0 Å². The van der Waals surface area contributed by atoms with Crippen molar-refractivity contribution in [1.82, 2.24) is 15.5 Å². The van der Waals surface area contributed by atoms with Gasteiger partial charge in [-0.15, -0.1) is 0 Å².